The minimum Gasteiger partial charge on any atom is -0.377 e. The maximum Gasteiger partial charge on any atom is 0.0870 e. The van der Waals surface area contributed by atoms with Crippen molar-refractivity contribution in [1.82, 2.24) is 15.0 Å². The average Bonchev–Trinajstić information content (AvgIpc) is 3.48. The molecule has 0 spiro atoms. The summed E-state index contributed by atoms with van der Waals surface area (Å²) < 4.78 is 8.98. The zero-order valence-corrected chi connectivity index (χ0v) is 27.9. The van der Waals surface area contributed by atoms with Gasteiger partial charge in [0.2, 0.25) is 0 Å². The number of hydrogen-bond donors (Lipinski definition) is 0. The molecule has 42 heavy (non-hydrogen) atoms. The molecule has 1 aromatic carbocycles. The van der Waals surface area contributed by atoms with Gasteiger partial charge in [0.25, 0.3) is 0 Å². The molecule has 0 amide bonds. The van der Waals surface area contributed by atoms with E-state index >= 15 is 0 Å². The van der Waals surface area contributed by atoms with Crippen molar-refractivity contribution in [3.05, 3.63) is 46.2 Å². The molecule has 4 nitrogen and oxygen atoms in total. The largest absolute Gasteiger partial charge is 0.377 e. The van der Waals surface area contributed by atoms with E-state index in [4.69, 9.17) is 26.6 Å². The second kappa shape index (κ2) is 8.65. The fourth-order valence-corrected chi connectivity index (χ4v) is 13.6. The maximum absolute atomic E-state index is 6.79. The Labute approximate surface area is 258 Å². The number of aromatic nitrogens is 3. The molecule has 4 saturated carbocycles. The number of hydrogen-bond acceptors (Lipinski definition) is 3. The standard InChI is InChI=1S/C37H52ClN3O/c1-32(2)16-18-37-19-17-35(6)24(29(37)31(32)42-22-37)12-13-28-34(5)20-26-30(33(3,4)27(34)14-15-36(28,35)7)41(40-39-26)21-23-10-8-9-11-25(23)38/h8-11,24,27-29,31H,12-22H2,1-7H3/t24-,27+,28-,29+,31-,34+,35-,36-,37-/m1/s1. The van der Waals surface area contributed by atoms with E-state index in [-0.39, 0.29) is 10.8 Å². The van der Waals surface area contributed by atoms with E-state index in [1.165, 1.54) is 62.8 Å². The molecule has 5 aliphatic carbocycles. The van der Waals surface area contributed by atoms with Crippen LogP contribution in [0.25, 0.3) is 0 Å². The Balaban J connectivity index is 1.16. The lowest BCUT2D eigenvalue weighted by molar-refractivity contribution is -0.233. The number of rotatable bonds is 2. The van der Waals surface area contributed by atoms with E-state index < -0.39 is 0 Å². The van der Waals surface area contributed by atoms with Crippen molar-refractivity contribution < 1.29 is 4.74 Å². The van der Waals surface area contributed by atoms with Crippen molar-refractivity contribution >= 4 is 11.6 Å². The van der Waals surface area contributed by atoms with E-state index in [2.05, 4.69) is 65.3 Å². The smallest absolute Gasteiger partial charge is 0.0870 e. The third-order valence-corrected chi connectivity index (χ3v) is 15.9. The molecule has 228 valence electrons. The molecular formula is C37H52ClN3O. The molecule has 0 radical (unpaired) electrons. The second-order valence-corrected chi connectivity index (χ2v) is 18.2. The van der Waals surface area contributed by atoms with Gasteiger partial charge in [0.05, 0.1) is 30.6 Å². The summed E-state index contributed by atoms with van der Waals surface area (Å²) in [4.78, 5) is 0. The van der Waals surface area contributed by atoms with Crippen LogP contribution >= 0.6 is 11.6 Å². The summed E-state index contributed by atoms with van der Waals surface area (Å²) in [6.45, 7) is 19.9. The molecule has 6 aliphatic rings. The van der Waals surface area contributed by atoms with Crippen LogP contribution in [0.3, 0.4) is 0 Å². The lowest BCUT2D eigenvalue weighted by Gasteiger charge is -2.72. The van der Waals surface area contributed by atoms with Gasteiger partial charge in [-0.2, -0.15) is 0 Å². The number of ether oxygens (including phenoxy) is 1. The van der Waals surface area contributed by atoms with Crippen LogP contribution < -0.4 is 0 Å². The topological polar surface area (TPSA) is 39.9 Å². The minimum atomic E-state index is 0.0170. The maximum atomic E-state index is 6.79. The second-order valence-electron chi connectivity index (χ2n) is 17.8. The van der Waals surface area contributed by atoms with Crippen molar-refractivity contribution in [3.8, 4) is 0 Å². The van der Waals surface area contributed by atoms with Gasteiger partial charge in [-0.1, -0.05) is 83.5 Å². The van der Waals surface area contributed by atoms with Crippen molar-refractivity contribution in [1.29, 1.82) is 0 Å². The molecule has 2 bridgehead atoms. The van der Waals surface area contributed by atoms with E-state index in [0.717, 1.165) is 41.4 Å². The average molecular weight is 590 g/mol. The van der Waals surface area contributed by atoms with Gasteiger partial charge >= 0.3 is 0 Å². The Bertz CT molecular complexity index is 1430. The Morgan fingerprint density at radius 1 is 0.881 bits per heavy atom. The summed E-state index contributed by atoms with van der Waals surface area (Å²) in [6, 6.07) is 8.19. The van der Waals surface area contributed by atoms with Gasteiger partial charge in [-0.15, -0.1) is 5.10 Å². The highest BCUT2D eigenvalue weighted by Gasteiger charge is 2.73. The van der Waals surface area contributed by atoms with Crippen molar-refractivity contribution in [2.75, 3.05) is 6.61 Å². The van der Waals surface area contributed by atoms with E-state index in [1.807, 2.05) is 12.1 Å². The van der Waals surface area contributed by atoms with E-state index in [9.17, 15) is 0 Å². The Kier molecular flexibility index (Phi) is 5.79. The van der Waals surface area contributed by atoms with Crippen LogP contribution in [0.4, 0.5) is 0 Å². The summed E-state index contributed by atoms with van der Waals surface area (Å²) in [6.07, 6.45) is 12.4. The van der Waals surface area contributed by atoms with E-state index in [0.29, 0.717) is 40.2 Å². The number of fused-ring (bicyclic) bond motifs is 6. The van der Waals surface area contributed by atoms with Crippen LogP contribution in [0.5, 0.6) is 0 Å². The van der Waals surface area contributed by atoms with Gasteiger partial charge in [-0.3, -0.25) is 0 Å². The Hall–Kier alpha value is -1.39. The van der Waals surface area contributed by atoms with Crippen molar-refractivity contribution in [2.24, 2.45) is 50.7 Å². The fourth-order valence-electron chi connectivity index (χ4n) is 13.4. The molecule has 0 unspecified atom stereocenters. The number of halogens is 1. The lowest BCUT2D eigenvalue weighted by atomic mass is 9.31. The first-order valence-corrected chi connectivity index (χ1v) is 17.4. The number of nitrogens with zero attached hydrogens (tertiary/aromatic N) is 3. The zero-order valence-electron chi connectivity index (χ0n) is 27.1. The molecule has 9 atom stereocenters. The lowest BCUT2D eigenvalue weighted by Crippen LogP contribution is -2.67. The molecule has 2 heterocycles. The first-order valence-electron chi connectivity index (χ1n) is 17.0. The van der Waals surface area contributed by atoms with Gasteiger partial charge in [0, 0.05) is 10.4 Å². The van der Waals surface area contributed by atoms with Gasteiger partial charge < -0.3 is 4.74 Å². The predicted octanol–water partition coefficient (Wildman–Crippen LogP) is 8.88. The van der Waals surface area contributed by atoms with Crippen LogP contribution in [0.15, 0.2) is 24.3 Å². The minimum absolute atomic E-state index is 0.0170. The van der Waals surface area contributed by atoms with Crippen LogP contribution in [0, 0.1) is 50.7 Å². The van der Waals surface area contributed by atoms with Gasteiger partial charge in [-0.25, -0.2) is 4.68 Å². The first kappa shape index (κ1) is 28.1. The quantitative estimate of drug-likeness (QED) is 0.351. The molecule has 1 aliphatic heterocycles. The summed E-state index contributed by atoms with van der Waals surface area (Å²) >= 11 is 6.60. The van der Waals surface area contributed by atoms with Crippen molar-refractivity contribution in [3.63, 3.8) is 0 Å². The van der Waals surface area contributed by atoms with Crippen LogP contribution in [-0.4, -0.2) is 27.7 Å². The summed E-state index contributed by atoms with van der Waals surface area (Å²) in [5.41, 5.74) is 5.46. The van der Waals surface area contributed by atoms with Crippen molar-refractivity contribution in [2.45, 2.75) is 124 Å². The highest BCUT2D eigenvalue weighted by Crippen LogP contribution is 2.77. The highest BCUT2D eigenvalue weighted by molar-refractivity contribution is 6.31. The normalized spacial score (nSPS) is 46.1. The van der Waals surface area contributed by atoms with Crippen LogP contribution in [0.2, 0.25) is 5.02 Å². The summed E-state index contributed by atoms with van der Waals surface area (Å²) in [5.74, 6) is 2.89. The molecule has 5 heteroatoms. The first-order chi connectivity index (χ1) is 19.8. The van der Waals surface area contributed by atoms with Crippen LogP contribution in [0.1, 0.15) is 117 Å². The summed E-state index contributed by atoms with van der Waals surface area (Å²) in [5, 5.41) is 10.5. The molecule has 0 N–H and O–H groups in total. The predicted molar refractivity (Wildman–Crippen MR) is 168 cm³/mol. The van der Waals surface area contributed by atoms with Gasteiger partial charge in [0.15, 0.2) is 0 Å². The molecular weight excluding hydrogens is 538 g/mol. The zero-order chi connectivity index (χ0) is 29.5. The third kappa shape index (κ3) is 3.35. The molecule has 1 aromatic heterocycles. The van der Waals surface area contributed by atoms with Gasteiger partial charge in [-0.05, 0) is 120 Å². The SMILES string of the molecule is CC1(C)CC[C@]23CC[C@]4(C)[C@H](CC[C@@H]5[C@@]6(C)Cc7nnn(Cc8ccccc8Cl)c7C(C)(C)[C@@H]6CC[C@]54C)[C@H]2[C@H]1OC3. The molecule has 2 aromatic rings. The molecule has 8 rings (SSSR count). The number of benzene rings is 1. The van der Waals surface area contributed by atoms with E-state index in [1.54, 1.807) is 0 Å². The fraction of sp³-hybridized carbons (Fsp3) is 0.784. The van der Waals surface area contributed by atoms with Gasteiger partial charge in [0.1, 0.15) is 0 Å². The third-order valence-electron chi connectivity index (χ3n) is 15.5. The summed E-state index contributed by atoms with van der Waals surface area (Å²) in [7, 11) is 0. The Morgan fingerprint density at radius 3 is 2.43 bits per heavy atom. The van der Waals surface area contributed by atoms with Crippen LogP contribution in [-0.2, 0) is 23.1 Å². The molecule has 1 saturated heterocycles. The monoisotopic (exact) mass is 589 g/mol. The Morgan fingerprint density at radius 2 is 1.64 bits per heavy atom. The highest BCUT2D eigenvalue weighted by atomic mass is 35.5. The molecule has 5 fully saturated rings.